The molecule has 0 saturated carbocycles. The van der Waals surface area contributed by atoms with E-state index in [4.69, 9.17) is 5.11 Å². The van der Waals surface area contributed by atoms with Crippen molar-refractivity contribution in [2.24, 2.45) is 0 Å². The molecular formula is C10H10BrNO3. The minimum Gasteiger partial charge on any atom is -0.478 e. The van der Waals surface area contributed by atoms with Gasteiger partial charge in [0.05, 0.1) is 10.4 Å². The lowest BCUT2D eigenvalue weighted by Gasteiger charge is -2.06. The number of carbonyl (C=O) groups excluding carboxylic acids is 1. The lowest BCUT2D eigenvalue weighted by Crippen LogP contribution is -2.20. The number of carboxylic acids is 1. The van der Waals surface area contributed by atoms with Gasteiger partial charge in [-0.1, -0.05) is 22.0 Å². The highest BCUT2D eigenvalue weighted by Crippen LogP contribution is 2.12. The van der Waals surface area contributed by atoms with Crippen LogP contribution in [0.3, 0.4) is 0 Å². The molecule has 0 heterocycles. The van der Waals surface area contributed by atoms with Crippen LogP contribution in [0.4, 0.5) is 5.69 Å². The summed E-state index contributed by atoms with van der Waals surface area (Å²) < 4.78 is 0. The third-order valence-corrected chi connectivity index (χ3v) is 2.15. The topological polar surface area (TPSA) is 66.4 Å². The number of aromatic carboxylic acids is 1. The summed E-state index contributed by atoms with van der Waals surface area (Å²) in [6.07, 6.45) is 0. The van der Waals surface area contributed by atoms with Gasteiger partial charge >= 0.3 is 5.97 Å². The number of hydrogen-bond acceptors (Lipinski definition) is 2. The van der Waals surface area contributed by atoms with Crippen LogP contribution in [0.15, 0.2) is 24.3 Å². The van der Waals surface area contributed by atoms with Gasteiger partial charge in [0.15, 0.2) is 0 Å². The minimum absolute atomic E-state index is 0.148. The fourth-order valence-corrected chi connectivity index (χ4v) is 1.09. The van der Waals surface area contributed by atoms with Crippen LogP contribution < -0.4 is 5.32 Å². The lowest BCUT2D eigenvalue weighted by molar-refractivity contribution is -0.115. The molecule has 1 amide bonds. The Bertz CT molecular complexity index is 390. The van der Waals surface area contributed by atoms with Gasteiger partial charge in [-0.05, 0) is 25.1 Å². The fraction of sp³-hybridized carbons (Fsp3) is 0.200. The van der Waals surface area contributed by atoms with Crippen molar-refractivity contribution < 1.29 is 14.7 Å². The summed E-state index contributed by atoms with van der Waals surface area (Å²) in [6.45, 7) is 1.69. The van der Waals surface area contributed by atoms with E-state index in [1.54, 1.807) is 19.1 Å². The van der Waals surface area contributed by atoms with E-state index in [0.29, 0.717) is 5.69 Å². The maximum absolute atomic E-state index is 11.3. The normalized spacial score (nSPS) is 11.9. The highest BCUT2D eigenvalue weighted by atomic mass is 79.9. The Labute approximate surface area is 95.4 Å². The molecule has 4 nitrogen and oxygen atoms in total. The lowest BCUT2D eigenvalue weighted by atomic mass is 10.2. The van der Waals surface area contributed by atoms with Gasteiger partial charge in [0.2, 0.25) is 5.91 Å². The van der Waals surface area contributed by atoms with E-state index in [2.05, 4.69) is 21.2 Å². The van der Waals surface area contributed by atoms with Gasteiger partial charge in [0.1, 0.15) is 0 Å². The predicted molar refractivity (Wildman–Crippen MR) is 60.4 cm³/mol. The molecular weight excluding hydrogens is 262 g/mol. The van der Waals surface area contributed by atoms with E-state index in [1.807, 2.05) is 0 Å². The number of hydrogen-bond donors (Lipinski definition) is 2. The monoisotopic (exact) mass is 271 g/mol. The van der Waals surface area contributed by atoms with E-state index < -0.39 is 5.97 Å². The molecule has 1 unspecified atom stereocenters. The van der Waals surface area contributed by atoms with Gasteiger partial charge in [0, 0.05) is 5.69 Å². The number of rotatable bonds is 3. The Kier molecular flexibility index (Phi) is 3.85. The van der Waals surface area contributed by atoms with Crippen LogP contribution in [0, 0.1) is 0 Å². The van der Waals surface area contributed by atoms with Crippen LogP contribution in [0.2, 0.25) is 0 Å². The smallest absolute Gasteiger partial charge is 0.335 e. The molecule has 1 aromatic carbocycles. The maximum atomic E-state index is 11.3. The maximum Gasteiger partial charge on any atom is 0.335 e. The van der Waals surface area contributed by atoms with E-state index in [-0.39, 0.29) is 16.3 Å². The van der Waals surface area contributed by atoms with E-state index in [1.165, 1.54) is 12.1 Å². The molecule has 1 aromatic rings. The Morgan fingerprint density at radius 3 is 2.67 bits per heavy atom. The molecule has 1 atom stereocenters. The quantitative estimate of drug-likeness (QED) is 0.828. The van der Waals surface area contributed by atoms with Gasteiger partial charge in [-0.2, -0.15) is 0 Å². The zero-order chi connectivity index (χ0) is 11.4. The fourth-order valence-electron chi connectivity index (χ4n) is 0.972. The second kappa shape index (κ2) is 4.93. The van der Waals surface area contributed by atoms with Crippen LogP contribution in [-0.4, -0.2) is 21.8 Å². The van der Waals surface area contributed by atoms with Crippen molar-refractivity contribution in [1.29, 1.82) is 0 Å². The van der Waals surface area contributed by atoms with Crippen molar-refractivity contribution in [3.05, 3.63) is 29.8 Å². The third kappa shape index (κ3) is 3.36. The number of anilines is 1. The number of halogens is 1. The third-order valence-electron chi connectivity index (χ3n) is 1.74. The summed E-state index contributed by atoms with van der Waals surface area (Å²) >= 11 is 3.12. The summed E-state index contributed by atoms with van der Waals surface area (Å²) in [5.74, 6) is -1.23. The molecule has 0 spiro atoms. The molecule has 5 heteroatoms. The first kappa shape index (κ1) is 11.7. The van der Waals surface area contributed by atoms with Crippen molar-refractivity contribution in [3.8, 4) is 0 Å². The molecule has 15 heavy (non-hydrogen) atoms. The largest absolute Gasteiger partial charge is 0.478 e. The first-order valence-corrected chi connectivity index (χ1v) is 5.20. The van der Waals surface area contributed by atoms with Gasteiger partial charge < -0.3 is 10.4 Å². The average Bonchev–Trinajstić information content (AvgIpc) is 2.18. The molecule has 0 bridgehead atoms. The van der Waals surface area contributed by atoms with Crippen molar-refractivity contribution >= 4 is 33.5 Å². The molecule has 0 radical (unpaired) electrons. The van der Waals surface area contributed by atoms with Crippen LogP contribution in [-0.2, 0) is 4.79 Å². The second-order valence-electron chi connectivity index (χ2n) is 2.99. The first-order chi connectivity index (χ1) is 7.00. The Balaban J connectivity index is 2.83. The molecule has 0 fully saturated rings. The van der Waals surface area contributed by atoms with Gasteiger partial charge in [-0.15, -0.1) is 0 Å². The Morgan fingerprint density at radius 1 is 1.47 bits per heavy atom. The van der Waals surface area contributed by atoms with Gasteiger partial charge in [0.25, 0.3) is 0 Å². The SMILES string of the molecule is CC(Br)C(=O)Nc1cccc(C(=O)O)c1. The Morgan fingerprint density at radius 2 is 2.13 bits per heavy atom. The Hall–Kier alpha value is -1.36. The number of carbonyl (C=O) groups is 2. The number of alkyl halides is 1. The molecule has 1 rings (SSSR count). The number of amides is 1. The second-order valence-corrected chi connectivity index (χ2v) is 4.36. The van der Waals surface area contributed by atoms with E-state index in [9.17, 15) is 9.59 Å². The minimum atomic E-state index is -1.02. The summed E-state index contributed by atoms with van der Waals surface area (Å²) in [7, 11) is 0. The van der Waals surface area contributed by atoms with Crippen molar-refractivity contribution in [3.63, 3.8) is 0 Å². The van der Waals surface area contributed by atoms with E-state index in [0.717, 1.165) is 0 Å². The average molecular weight is 272 g/mol. The van der Waals surface area contributed by atoms with Crippen LogP contribution in [0.5, 0.6) is 0 Å². The molecule has 0 aliphatic rings. The highest BCUT2D eigenvalue weighted by Gasteiger charge is 2.09. The standard InChI is InChI=1S/C10H10BrNO3/c1-6(11)9(13)12-8-4-2-3-7(5-8)10(14)15/h2-6H,1H3,(H,12,13)(H,14,15). The molecule has 0 aliphatic heterocycles. The number of nitrogens with one attached hydrogen (secondary N) is 1. The number of benzene rings is 1. The highest BCUT2D eigenvalue weighted by molar-refractivity contribution is 9.10. The first-order valence-electron chi connectivity index (χ1n) is 4.29. The summed E-state index contributed by atoms with van der Waals surface area (Å²) in [6, 6.07) is 6.10. The van der Waals surface area contributed by atoms with Gasteiger partial charge in [-0.25, -0.2) is 4.79 Å². The summed E-state index contributed by atoms with van der Waals surface area (Å²) in [5.41, 5.74) is 0.626. The van der Waals surface area contributed by atoms with Crippen molar-refractivity contribution in [1.82, 2.24) is 0 Å². The van der Waals surface area contributed by atoms with E-state index >= 15 is 0 Å². The molecule has 0 saturated heterocycles. The molecule has 80 valence electrons. The predicted octanol–water partition coefficient (Wildman–Crippen LogP) is 2.11. The number of carboxylic acid groups (broad SMARTS) is 1. The van der Waals surface area contributed by atoms with Crippen molar-refractivity contribution in [2.75, 3.05) is 5.32 Å². The molecule has 2 N–H and O–H groups in total. The van der Waals surface area contributed by atoms with Crippen molar-refractivity contribution in [2.45, 2.75) is 11.8 Å². The van der Waals surface area contributed by atoms with Crippen LogP contribution in [0.1, 0.15) is 17.3 Å². The van der Waals surface area contributed by atoms with Crippen LogP contribution >= 0.6 is 15.9 Å². The molecule has 0 aromatic heterocycles. The summed E-state index contributed by atoms with van der Waals surface area (Å²) in [5, 5.41) is 11.3. The molecule has 0 aliphatic carbocycles. The zero-order valence-electron chi connectivity index (χ0n) is 8.03. The zero-order valence-corrected chi connectivity index (χ0v) is 9.61. The van der Waals surface area contributed by atoms with Gasteiger partial charge in [-0.3, -0.25) is 4.79 Å². The van der Waals surface area contributed by atoms with Crippen LogP contribution in [0.25, 0.3) is 0 Å². The summed E-state index contributed by atoms with van der Waals surface area (Å²) in [4.78, 5) is 21.6.